The van der Waals surface area contributed by atoms with E-state index in [-0.39, 0.29) is 6.01 Å². The summed E-state index contributed by atoms with van der Waals surface area (Å²) in [5.41, 5.74) is 2.21. The summed E-state index contributed by atoms with van der Waals surface area (Å²) in [7, 11) is 0. The Balaban J connectivity index is 1.42. The molecule has 1 atom stereocenters. The molecule has 1 saturated heterocycles. The molecular formula is C24H25F2N7O2. The quantitative estimate of drug-likeness (QED) is 0.410. The van der Waals surface area contributed by atoms with E-state index in [0.29, 0.717) is 48.1 Å². The second-order valence-electron chi connectivity index (χ2n) is 8.20. The molecule has 0 amide bonds. The summed E-state index contributed by atoms with van der Waals surface area (Å²) >= 11 is 0. The van der Waals surface area contributed by atoms with Gasteiger partial charge in [0.25, 0.3) is 0 Å². The molecule has 0 aliphatic carbocycles. The minimum atomic E-state index is -0.631. The van der Waals surface area contributed by atoms with Gasteiger partial charge in [-0.3, -0.25) is 4.90 Å². The van der Waals surface area contributed by atoms with Gasteiger partial charge in [-0.25, -0.2) is 18.3 Å². The number of nitrogens with one attached hydrogen (secondary N) is 1. The van der Waals surface area contributed by atoms with Gasteiger partial charge in [-0.1, -0.05) is 6.07 Å². The number of nitrogens with zero attached hydrogens (tertiary/aromatic N) is 6. The van der Waals surface area contributed by atoms with Crippen LogP contribution in [0.4, 0.5) is 14.6 Å². The average molecular weight is 482 g/mol. The van der Waals surface area contributed by atoms with Crippen LogP contribution in [0.3, 0.4) is 0 Å². The molecule has 3 aromatic heterocycles. The maximum atomic E-state index is 14.3. The fraction of sp³-hybridized carbons (Fsp3) is 0.333. The number of anilines is 1. The number of morpholine rings is 1. The lowest BCUT2D eigenvalue weighted by Crippen LogP contribution is -2.38. The van der Waals surface area contributed by atoms with E-state index in [0.717, 1.165) is 25.7 Å². The molecule has 9 nitrogen and oxygen atoms in total. The first-order valence-electron chi connectivity index (χ1n) is 11.4. The van der Waals surface area contributed by atoms with Gasteiger partial charge in [0.15, 0.2) is 5.65 Å². The van der Waals surface area contributed by atoms with Gasteiger partial charge >= 0.3 is 6.01 Å². The van der Waals surface area contributed by atoms with Crippen molar-refractivity contribution in [2.24, 2.45) is 0 Å². The maximum absolute atomic E-state index is 14.3. The number of rotatable bonds is 8. The lowest BCUT2D eigenvalue weighted by atomic mass is 10.1. The van der Waals surface area contributed by atoms with E-state index in [1.165, 1.54) is 12.1 Å². The Bertz CT molecular complexity index is 1310. The van der Waals surface area contributed by atoms with Gasteiger partial charge in [-0.05, 0) is 19.1 Å². The average Bonchev–Trinajstić information content (AvgIpc) is 3.29. The van der Waals surface area contributed by atoms with Crippen LogP contribution in [-0.4, -0.2) is 68.9 Å². The molecule has 1 aliphatic heterocycles. The Morgan fingerprint density at radius 1 is 1.17 bits per heavy atom. The summed E-state index contributed by atoms with van der Waals surface area (Å²) in [4.78, 5) is 15.7. The van der Waals surface area contributed by atoms with Crippen LogP contribution in [0.5, 0.6) is 6.01 Å². The SMILES string of the molecule is C[C@H](Nc1cc(-c2cnn3cccnc23)nc(OCCN2CCOCC2)n1)c1ccc(F)cc1F. The summed E-state index contributed by atoms with van der Waals surface area (Å²) in [6.07, 6.45) is 5.15. The number of benzene rings is 1. The van der Waals surface area contributed by atoms with Crippen molar-refractivity contribution in [3.8, 4) is 17.3 Å². The fourth-order valence-electron chi connectivity index (χ4n) is 3.95. The van der Waals surface area contributed by atoms with Gasteiger partial charge in [0.1, 0.15) is 24.1 Å². The zero-order valence-electron chi connectivity index (χ0n) is 19.2. The highest BCUT2D eigenvalue weighted by atomic mass is 19.1. The van der Waals surface area contributed by atoms with Gasteiger partial charge < -0.3 is 14.8 Å². The highest BCUT2D eigenvalue weighted by Gasteiger charge is 2.17. The molecule has 0 spiro atoms. The largest absolute Gasteiger partial charge is 0.462 e. The Morgan fingerprint density at radius 3 is 2.86 bits per heavy atom. The van der Waals surface area contributed by atoms with Crippen LogP contribution in [-0.2, 0) is 4.74 Å². The zero-order chi connectivity index (χ0) is 24.2. The highest BCUT2D eigenvalue weighted by molar-refractivity contribution is 5.75. The van der Waals surface area contributed by atoms with E-state index in [1.807, 2.05) is 0 Å². The van der Waals surface area contributed by atoms with Gasteiger partial charge in [0.05, 0.1) is 36.7 Å². The second-order valence-corrected chi connectivity index (χ2v) is 8.20. The van der Waals surface area contributed by atoms with Crippen molar-refractivity contribution < 1.29 is 18.3 Å². The van der Waals surface area contributed by atoms with E-state index in [9.17, 15) is 8.78 Å². The third-order valence-electron chi connectivity index (χ3n) is 5.80. The van der Waals surface area contributed by atoms with Crippen molar-refractivity contribution in [2.75, 3.05) is 44.8 Å². The third kappa shape index (κ3) is 5.36. The maximum Gasteiger partial charge on any atom is 0.318 e. The Kier molecular flexibility index (Phi) is 6.77. The smallest absolute Gasteiger partial charge is 0.318 e. The van der Waals surface area contributed by atoms with Crippen LogP contribution in [0.25, 0.3) is 16.9 Å². The molecule has 1 aromatic carbocycles. The first kappa shape index (κ1) is 23.1. The molecule has 5 rings (SSSR count). The topological polar surface area (TPSA) is 89.7 Å². The van der Waals surface area contributed by atoms with Gasteiger partial charge in [0.2, 0.25) is 0 Å². The second kappa shape index (κ2) is 10.3. The molecular weight excluding hydrogens is 456 g/mol. The summed E-state index contributed by atoms with van der Waals surface area (Å²) in [5.74, 6) is -0.824. The number of halogens is 2. The predicted molar refractivity (Wildman–Crippen MR) is 125 cm³/mol. The summed E-state index contributed by atoms with van der Waals surface area (Å²) < 4.78 is 40.6. The molecule has 1 N–H and O–H groups in total. The van der Waals surface area contributed by atoms with Crippen LogP contribution in [0, 0.1) is 11.6 Å². The van der Waals surface area contributed by atoms with Crippen molar-refractivity contribution in [2.45, 2.75) is 13.0 Å². The van der Waals surface area contributed by atoms with E-state index in [1.54, 1.807) is 42.2 Å². The van der Waals surface area contributed by atoms with Crippen LogP contribution in [0.15, 0.2) is 48.9 Å². The first-order chi connectivity index (χ1) is 17.1. The minimum Gasteiger partial charge on any atom is -0.462 e. The van der Waals surface area contributed by atoms with Gasteiger partial charge in [-0.15, -0.1) is 0 Å². The Hall–Kier alpha value is -3.70. The van der Waals surface area contributed by atoms with Gasteiger partial charge in [0, 0.05) is 49.7 Å². The molecule has 4 aromatic rings. The zero-order valence-corrected chi connectivity index (χ0v) is 19.2. The number of aromatic nitrogens is 5. The number of hydrogen-bond acceptors (Lipinski definition) is 8. The third-order valence-corrected chi connectivity index (χ3v) is 5.80. The fourth-order valence-corrected chi connectivity index (χ4v) is 3.95. The van der Waals surface area contributed by atoms with E-state index in [4.69, 9.17) is 9.47 Å². The van der Waals surface area contributed by atoms with E-state index in [2.05, 4.69) is 30.3 Å². The normalized spacial score (nSPS) is 15.3. The molecule has 0 unspecified atom stereocenters. The molecule has 11 heteroatoms. The monoisotopic (exact) mass is 481 g/mol. The summed E-state index contributed by atoms with van der Waals surface area (Å²) in [6, 6.07) is 6.73. The van der Waals surface area contributed by atoms with E-state index < -0.39 is 17.7 Å². The van der Waals surface area contributed by atoms with Crippen LogP contribution in [0.1, 0.15) is 18.5 Å². The molecule has 0 bridgehead atoms. The lowest BCUT2D eigenvalue weighted by Gasteiger charge is -2.26. The lowest BCUT2D eigenvalue weighted by molar-refractivity contribution is 0.0317. The van der Waals surface area contributed by atoms with Crippen molar-refractivity contribution in [1.82, 2.24) is 29.5 Å². The van der Waals surface area contributed by atoms with Gasteiger partial charge in [-0.2, -0.15) is 15.1 Å². The van der Waals surface area contributed by atoms with Crippen molar-refractivity contribution in [1.29, 1.82) is 0 Å². The molecule has 35 heavy (non-hydrogen) atoms. The van der Waals surface area contributed by atoms with Crippen LogP contribution in [0.2, 0.25) is 0 Å². The predicted octanol–water partition coefficient (Wildman–Crippen LogP) is 3.35. The minimum absolute atomic E-state index is 0.181. The number of ether oxygens (including phenoxy) is 2. The molecule has 4 heterocycles. The van der Waals surface area contributed by atoms with Crippen molar-refractivity contribution >= 4 is 11.5 Å². The first-order valence-corrected chi connectivity index (χ1v) is 11.4. The number of hydrogen-bond donors (Lipinski definition) is 1. The Morgan fingerprint density at radius 2 is 2.03 bits per heavy atom. The van der Waals surface area contributed by atoms with Crippen molar-refractivity contribution in [3.05, 3.63) is 66.1 Å². The molecule has 0 radical (unpaired) electrons. The number of fused-ring (bicyclic) bond motifs is 1. The summed E-state index contributed by atoms with van der Waals surface area (Å²) in [5, 5.41) is 7.52. The highest BCUT2D eigenvalue weighted by Crippen LogP contribution is 2.28. The van der Waals surface area contributed by atoms with Crippen LogP contribution < -0.4 is 10.1 Å². The molecule has 1 fully saturated rings. The van der Waals surface area contributed by atoms with Crippen LogP contribution >= 0.6 is 0 Å². The molecule has 0 saturated carbocycles. The molecule has 182 valence electrons. The Labute approximate surface area is 200 Å². The standard InChI is InChI=1S/C24H25F2N7O2/c1-16(18-4-3-17(25)13-20(18)26)29-22-14-21(19-15-28-33-6-2-5-27-23(19)33)30-24(31-22)35-12-9-32-7-10-34-11-8-32/h2-6,13-16H,7-12H2,1H3,(H,29,30,31)/t16-/m0/s1. The van der Waals surface area contributed by atoms with E-state index >= 15 is 0 Å². The summed E-state index contributed by atoms with van der Waals surface area (Å²) in [6.45, 7) is 6.01. The molecule has 1 aliphatic rings. The van der Waals surface area contributed by atoms with Crippen molar-refractivity contribution in [3.63, 3.8) is 0 Å².